The predicted octanol–water partition coefficient (Wildman–Crippen LogP) is 5.09. The van der Waals surface area contributed by atoms with E-state index in [1.807, 2.05) is 6.92 Å². The molecule has 1 fully saturated rings. The smallest absolute Gasteiger partial charge is 0.177 e. The van der Waals surface area contributed by atoms with Gasteiger partial charge in [0.1, 0.15) is 18.7 Å². The molecule has 1 heterocycles. The summed E-state index contributed by atoms with van der Waals surface area (Å²) in [6, 6.07) is 10.8. The van der Waals surface area contributed by atoms with Crippen LogP contribution in [0.3, 0.4) is 0 Å². The summed E-state index contributed by atoms with van der Waals surface area (Å²) in [5.41, 5.74) is 2.38. The van der Waals surface area contributed by atoms with E-state index < -0.39 is 25.2 Å². The Kier molecular flexibility index (Phi) is 6.52. The van der Waals surface area contributed by atoms with Gasteiger partial charge in [0.25, 0.3) is 0 Å². The molecule has 1 aliphatic rings. The Morgan fingerprint density at radius 3 is 2.52 bits per heavy atom. The van der Waals surface area contributed by atoms with Crippen LogP contribution in [-0.2, 0) is 16.1 Å². The number of rotatable bonds is 6. The summed E-state index contributed by atoms with van der Waals surface area (Å²) in [5, 5.41) is 3.32. The van der Waals surface area contributed by atoms with Gasteiger partial charge in [-0.2, -0.15) is 0 Å². The fourth-order valence-corrected chi connectivity index (χ4v) is 3.21. The summed E-state index contributed by atoms with van der Waals surface area (Å²) < 4.78 is 52.0. The quantitative estimate of drug-likeness (QED) is 0.758. The third kappa shape index (κ3) is 4.89. The minimum atomic E-state index is -1.19. The van der Waals surface area contributed by atoms with E-state index in [1.54, 1.807) is 24.3 Å². The van der Waals surface area contributed by atoms with Gasteiger partial charge >= 0.3 is 0 Å². The number of hydrogen-bond acceptors (Lipinski definition) is 3. The first-order valence-electron chi connectivity index (χ1n) is 9.07. The summed E-state index contributed by atoms with van der Waals surface area (Å²) in [4.78, 5) is 0. The lowest BCUT2D eigenvalue weighted by Gasteiger charge is -2.34. The van der Waals surface area contributed by atoms with Gasteiger partial charge in [-0.3, -0.25) is 0 Å². The van der Waals surface area contributed by atoms with Crippen LogP contribution in [0.4, 0.5) is 13.2 Å². The van der Waals surface area contributed by atoms with E-state index >= 15 is 0 Å². The van der Waals surface area contributed by atoms with Crippen LogP contribution >= 0.6 is 0 Å². The molecule has 1 unspecified atom stereocenters. The number of morpholine rings is 1. The van der Waals surface area contributed by atoms with Gasteiger partial charge < -0.3 is 14.8 Å². The molecule has 1 N–H and O–H groups in total. The average Bonchev–Trinajstić information content (AvgIpc) is 2.68. The van der Waals surface area contributed by atoms with Crippen LogP contribution in [-0.4, -0.2) is 19.4 Å². The molecule has 1 aliphatic heterocycles. The highest BCUT2D eigenvalue weighted by Crippen LogP contribution is 2.31. The molecule has 0 bridgehead atoms. The van der Waals surface area contributed by atoms with Gasteiger partial charge in [0.15, 0.2) is 6.29 Å². The van der Waals surface area contributed by atoms with Crippen molar-refractivity contribution in [2.24, 2.45) is 0 Å². The summed E-state index contributed by atoms with van der Waals surface area (Å²) in [6.07, 6.45) is -2.22. The summed E-state index contributed by atoms with van der Waals surface area (Å²) in [5.74, 6) is -0.308. The SMILES string of the molecule is CC(F)c1cc(CF)cc([C@@H](C)O[C@H]2OCCN[C@H]2c2ccc(F)cc2)c1. The van der Waals surface area contributed by atoms with Crippen molar-refractivity contribution in [1.82, 2.24) is 5.32 Å². The third-order valence-electron chi connectivity index (χ3n) is 4.71. The van der Waals surface area contributed by atoms with Gasteiger partial charge in [-0.15, -0.1) is 0 Å². The zero-order chi connectivity index (χ0) is 19.4. The van der Waals surface area contributed by atoms with Crippen molar-refractivity contribution in [3.8, 4) is 0 Å². The van der Waals surface area contributed by atoms with Crippen LogP contribution < -0.4 is 5.32 Å². The van der Waals surface area contributed by atoms with E-state index in [4.69, 9.17) is 9.47 Å². The normalized spacial score (nSPS) is 22.4. The summed E-state index contributed by atoms with van der Waals surface area (Å²) >= 11 is 0. The molecule has 6 heteroatoms. The summed E-state index contributed by atoms with van der Waals surface area (Å²) in [7, 11) is 0. The average molecular weight is 379 g/mol. The fourth-order valence-electron chi connectivity index (χ4n) is 3.21. The first-order valence-corrected chi connectivity index (χ1v) is 9.07. The van der Waals surface area contributed by atoms with Crippen LogP contribution in [0.15, 0.2) is 42.5 Å². The van der Waals surface area contributed by atoms with Gasteiger partial charge in [0.05, 0.1) is 18.8 Å². The van der Waals surface area contributed by atoms with Crippen LogP contribution in [0.2, 0.25) is 0 Å². The number of hydrogen-bond donors (Lipinski definition) is 1. The largest absolute Gasteiger partial charge is 0.349 e. The Morgan fingerprint density at radius 2 is 1.85 bits per heavy atom. The molecular weight excluding hydrogens is 355 g/mol. The lowest BCUT2D eigenvalue weighted by Crippen LogP contribution is -2.43. The van der Waals surface area contributed by atoms with Gasteiger partial charge in [-0.25, -0.2) is 13.2 Å². The highest BCUT2D eigenvalue weighted by molar-refractivity contribution is 5.32. The van der Waals surface area contributed by atoms with Gasteiger partial charge in [-0.05, 0) is 48.2 Å². The van der Waals surface area contributed by atoms with Crippen molar-refractivity contribution >= 4 is 0 Å². The monoisotopic (exact) mass is 379 g/mol. The molecule has 27 heavy (non-hydrogen) atoms. The van der Waals surface area contributed by atoms with E-state index in [2.05, 4.69) is 5.32 Å². The Hall–Kier alpha value is -1.89. The van der Waals surface area contributed by atoms with Gasteiger partial charge in [0, 0.05) is 6.54 Å². The zero-order valence-electron chi connectivity index (χ0n) is 15.4. The van der Waals surface area contributed by atoms with Gasteiger partial charge in [0.2, 0.25) is 0 Å². The van der Waals surface area contributed by atoms with Gasteiger partial charge in [-0.1, -0.05) is 30.3 Å². The molecule has 0 aromatic heterocycles. The minimum absolute atomic E-state index is 0.259. The van der Waals surface area contributed by atoms with E-state index in [0.717, 1.165) is 5.56 Å². The second-order valence-corrected chi connectivity index (χ2v) is 6.76. The molecule has 2 aromatic carbocycles. The number of nitrogens with one attached hydrogen (secondary N) is 1. The highest BCUT2D eigenvalue weighted by atomic mass is 19.1. The molecule has 0 aliphatic carbocycles. The molecule has 3 nitrogen and oxygen atoms in total. The number of alkyl halides is 2. The second kappa shape index (κ2) is 8.87. The molecular formula is C21H24F3NO2. The van der Waals surface area contributed by atoms with Crippen molar-refractivity contribution in [2.45, 2.75) is 45.1 Å². The highest BCUT2D eigenvalue weighted by Gasteiger charge is 2.30. The number of ether oxygens (including phenoxy) is 2. The van der Waals surface area contributed by atoms with Crippen LogP contribution in [0.5, 0.6) is 0 Å². The zero-order valence-corrected chi connectivity index (χ0v) is 15.4. The molecule has 1 saturated heterocycles. The Morgan fingerprint density at radius 1 is 1.15 bits per heavy atom. The van der Waals surface area contributed by atoms with Crippen molar-refractivity contribution in [3.05, 3.63) is 70.5 Å². The van der Waals surface area contributed by atoms with Crippen molar-refractivity contribution in [3.63, 3.8) is 0 Å². The van der Waals surface area contributed by atoms with E-state index in [1.165, 1.54) is 25.1 Å². The Balaban J connectivity index is 1.79. The molecule has 146 valence electrons. The maximum absolute atomic E-state index is 13.7. The minimum Gasteiger partial charge on any atom is -0.349 e. The van der Waals surface area contributed by atoms with Crippen LogP contribution in [0.1, 0.15) is 54.4 Å². The Bertz CT molecular complexity index is 752. The fraction of sp³-hybridized carbons (Fsp3) is 0.429. The molecule has 0 amide bonds. The molecule has 0 radical (unpaired) electrons. The van der Waals surface area contributed by atoms with Crippen molar-refractivity contribution < 1.29 is 22.6 Å². The maximum Gasteiger partial charge on any atom is 0.177 e. The Labute approximate surface area is 157 Å². The van der Waals surface area contributed by atoms with Crippen LogP contribution in [0.25, 0.3) is 0 Å². The van der Waals surface area contributed by atoms with Crippen LogP contribution in [0, 0.1) is 5.82 Å². The topological polar surface area (TPSA) is 30.5 Å². The molecule has 3 rings (SSSR count). The molecule has 0 saturated carbocycles. The van der Waals surface area contributed by atoms with Crippen molar-refractivity contribution in [2.75, 3.05) is 13.2 Å². The lowest BCUT2D eigenvalue weighted by molar-refractivity contribution is -0.200. The van der Waals surface area contributed by atoms with Crippen molar-refractivity contribution in [1.29, 1.82) is 0 Å². The standard InChI is InChI=1S/C21H24F3NO2/c1-13(23)17-9-15(12-22)10-18(11-17)14(2)27-21-20(25-7-8-26-21)16-3-5-19(24)6-4-16/h3-6,9-11,13-14,20-21,25H,7-8,12H2,1-2H3/t13?,14-,20+,21-/m1/s1. The van der Waals surface area contributed by atoms with E-state index in [-0.39, 0.29) is 11.9 Å². The first-order chi connectivity index (χ1) is 13.0. The molecule has 4 atom stereocenters. The number of halogens is 3. The summed E-state index contributed by atoms with van der Waals surface area (Å²) in [6.45, 7) is 3.71. The lowest BCUT2D eigenvalue weighted by atomic mass is 10.0. The number of benzene rings is 2. The second-order valence-electron chi connectivity index (χ2n) is 6.76. The van der Waals surface area contributed by atoms with E-state index in [9.17, 15) is 13.2 Å². The molecule has 2 aromatic rings. The van der Waals surface area contributed by atoms with E-state index in [0.29, 0.717) is 29.8 Å². The first kappa shape index (κ1) is 19.9. The molecule has 0 spiro atoms. The predicted molar refractivity (Wildman–Crippen MR) is 97.2 cm³/mol. The maximum atomic E-state index is 13.7. The third-order valence-corrected chi connectivity index (χ3v) is 4.71.